The molecule has 1 aromatic heterocycles. The maximum atomic E-state index is 13.9. The van der Waals surface area contributed by atoms with Crippen LogP contribution in [0.3, 0.4) is 0 Å². The number of fused-ring (bicyclic) bond motifs is 1. The average molecular weight is 416 g/mol. The third-order valence-electron chi connectivity index (χ3n) is 6.44. The highest BCUT2D eigenvalue weighted by atomic mass is 32.2. The molecule has 0 N–H and O–H groups in total. The molecule has 1 saturated heterocycles. The molecular weight excluding hydrogens is 386 g/mol. The summed E-state index contributed by atoms with van der Waals surface area (Å²) in [6, 6.07) is 7.45. The van der Waals surface area contributed by atoms with Crippen molar-refractivity contribution in [1.29, 1.82) is 0 Å². The molecule has 4 rings (SSSR count). The molecule has 1 amide bonds. The highest BCUT2D eigenvalue weighted by Crippen LogP contribution is 2.39. The van der Waals surface area contributed by atoms with Crippen molar-refractivity contribution in [3.05, 3.63) is 46.8 Å². The summed E-state index contributed by atoms with van der Waals surface area (Å²) in [5, 5.41) is 0. The van der Waals surface area contributed by atoms with E-state index in [0.29, 0.717) is 36.5 Å². The molecule has 0 unspecified atom stereocenters. The number of nitrogens with zero attached hydrogens (tertiary/aromatic N) is 3. The number of carbonyl (C=O) groups excluding carboxylic acids is 1. The van der Waals surface area contributed by atoms with E-state index in [0.717, 1.165) is 30.5 Å². The predicted octanol–water partition coefficient (Wildman–Crippen LogP) is 3.41. The Morgan fingerprint density at radius 3 is 2.38 bits per heavy atom. The first kappa shape index (κ1) is 20.0. The van der Waals surface area contributed by atoms with Crippen molar-refractivity contribution in [2.24, 2.45) is 7.05 Å². The molecule has 1 aromatic carbocycles. The summed E-state index contributed by atoms with van der Waals surface area (Å²) in [6.45, 7) is 6.93. The number of aromatic nitrogens is 1. The highest BCUT2D eigenvalue weighted by Gasteiger charge is 2.41. The monoisotopic (exact) mass is 415 g/mol. The smallest absolute Gasteiger partial charge is 0.267 e. The Bertz CT molecular complexity index is 1070. The molecule has 7 heteroatoms. The zero-order chi connectivity index (χ0) is 20.9. The molecule has 1 atom stereocenters. The van der Waals surface area contributed by atoms with Gasteiger partial charge in [-0.3, -0.25) is 9.10 Å². The van der Waals surface area contributed by atoms with Crippen molar-refractivity contribution in [2.75, 3.05) is 17.4 Å². The molecular formula is C22H29N3O3S. The molecule has 0 aliphatic carbocycles. The maximum absolute atomic E-state index is 13.9. The maximum Gasteiger partial charge on any atom is 0.267 e. The van der Waals surface area contributed by atoms with E-state index in [1.165, 1.54) is 4.31 Å². The van der Waals surface area contributed by atoms with E-state index >= 15 is 0 Å². The van der Waals surface area contributed by atoms with E-state index in [1.54, 1.807) is 6.92 Å². The zero-order valence-corrected chi connectivity index (χ0v) is 18.4. The van der Waals surface area contributed by atoms with E-state index in [4.69, 9.17) is 0 Å². The van der Waals surface area contributed by atoms with Crippen LogP contribution >= 0.6 is 0 Å². The molecule has 3 heterocycles. The second-order valence-corrected chi connectivity index (χ2v) is 10.0. The van der Waals surface area contributed by atoms with E-state index < -0.39 is 10.0 Å². The van der Waals surface area contributed by atoms with E-state index in [1.807, 2.05) is 54.6 Å². The molecule has 2 aliphatic rings. The molecule has 29 heavy (non-hydrogen) atoms. The summed E-state index contributed by atoms with van der Waals surface area (Å²) in [5.41, 5.74) is 3.40. The van der Waals surface area contributed by atoms with Crippen molar-refractivity contribution in [1.82, 2.24) is 9.47 Å². The van der Waals surface area contributed by atoms with Gasteiger partial charge in [-0.05, 0) is 58.1 Å². The fourth-order valence-corrected chi connectivity index (χ4v) is 6.93. The number of para-hydroxylation sites is 1. The Morgan fingerprint density at radius 2 is 1.69 bits per heavy atom. The van der Waals surface area contributed by atoms with Gasteiger partial charge in [0, 0.05) is 37.6 Å². The van der Waals surface area contributed by atoms with Gasteiger partial charge >= 0.3 is 0 Å². The molecule has 1 fully saturated rings. The Labute approximate surface area is 173 Å². The Balaban J connectivity index is 1.87. The Hall–Kier alpha value is -2.28. The lowest BCUT2D eigenvalue weighted by atomic mass is 10.1. The van der Waals surface area contributed by atoms with Gasteiger partial charge in [0.2, 0.25) is 0 Å². The third kappa shape index (κ3) is 3.06. The molecule has 6 nitrogen and oxygen atoms in total. The van der Waals surface area contributed by atoms with Crippen LogP contribution in [0.15, 0.2) is 29.2 Å². The normalized spacial score (nSPS) is 19.5. The molecule has 0 saturated carbocycles. The number of anilines is 1. The topological polar surface area (TPSA) is 62.6 Å². The van der Waals surface area contributed by atoms with Crippen molar-refractivity contribution in [3.63, 3.8) is 0 Å². The minimum absolute atomic E-state index is 0.162. The van der Waals surface area contributed by atoms with Crippen LogP contribution in [0.5, 0.6) is 0 Å². The van der Waals surface area contributed by atoms with Gasteiger partial charge in [0.1, 0.15) is 4.90 Å². The molecule has 0 radical (unpaired) electrons. The van der Waals surface area contributed by atoms with Gasteiger partial charge in [-0.1, -0.05) is 18.2 Å². The average Bonchev–Trinajstić information content (AvgIpc) is 3.17. The number of carbonyl (C=O) groups is 1. The SMILES string of the molecule is Cc1c(C(=O)N2CCCCC2)c(S(=O)(=O)N2c3ccccc3C[C@@H]2C)c(C)n1C. The fraction of sp³-hybridized carbons (Fsp3) is 0.500. The van der Waals surface area contributed by atoms with Crippen LogP contribution in [-0.2, 0) is 23.5 Å². The lowest BCUT2D eigenvalue weighted by Crippen LogP contribution is -2.39. The first-order valence-corrected chi connectivity index (χ1v) is 11.8. The molecule has 2 aromatic rings. The number of hydrogen-bond acceptors (Lipinski definition) is 3. The lowest BCUT2D eigenvalue weighted by Gasteiger charge is -2.28. The van der Waals surface area contributed by atoms with Crippen LogP contribution < -0.4 is 4.31 Å². The lowest BCUT2D eigenvalue weighted by molar-refractivity contribution is 0.0720. The van der Waals surface area contributed by atoms with Gasteiger partial charge in [0.25, 0.3) is 15.9 Å². The van der Waals surface area contributed by atoms with Crippen molar-refractivity contribution < 1.29 is 13.2 Å². The van der Waals surface area contributed by atoms with Crippen LogP contribution in [0.4, 0.5) is 5.69 Å². The Morgan fingerprint density at radius 1 is 1.03 bits per heavy atom. The van der Waals surface area contributed by atoms with Crippen molar-refractivity contribution in [3.8, 4) is 0 Å². The van der Waals surface area contributed by atoms with Crippen molar-refractivity contribution >= 4 is 21.6 Å². The van der Waals surface area contributed by atoms with Crippen LogP contribution in [-0.4, -0.2) is 42.9 Å². The summed E-state index contributed by atoms with van der Waals surface area (Å²) in [4.78, 5) is 15.4. The minimum atomic E-state index is -3.88. The predicted molar refractivity (Wildman–Crippen MR) is 114 cm³/mol. The first-order valence-electron chi connectivity index (χ1n) is 10.3. The van der Waals surface area contributed by atoms with E-state index in [2.05, 4.69) is 0 Å². The van der Waals surface area contributed by atoms with Gasteiger partial charge in [-0.2, -0.15) is 0 Å². The second-order valence-electron chi connectivity index (χ2n) is 8.27. The number of likely N-dealkylation sites (tertiary alicyclic amines) is 1. The highest BCUT2D eigenvalue weighted by molar-refractivity contribution is 7.93. The number of rotatable bonds is 3. The molecule has 0 bridgehead atoms. The van der Waals surface area contributed by atoms with Gasteiger partial charge in [-0.25, -0.2) is 8.42 Å². The third-order valence-corrected chi connectivity index (χ3v) is 8.53. The van der Waals surface area contributed by atoms with Gasteiger partial charge in [0.05, 0.1) is 11.3 Å². The number of hydrogen-bond donors (Lipinski definition) is 0. The minimum Gasteiger partial charge on any atom is -0.350 e. The molecule has 156 valence electrons. The number of amides is 1. The summed E-state index contributed by atoms with van der Waals surface area (Å²) < 4.78 is 31.2. The summed E-state index contributed by atoms with van der Waals surface area (Å²) in [6.07, 6.45) is 3.73. The van der Waals surface area contributed by atoms with Crippen LogP contribution in [0.1, 0.15) is 53.5 Å². The quantitative estimate of drug-likeness (QED) is 0.772. The van der Waals surface area contributed by atoms with Gasteiger partial charge in [-0.15, -0.1) is 0 Å². The zero-order valence-electron chi connectivity index (χ0n) is 17.6. The largest absolute Gasteiger partial charge is 0.350 e. The fourth-order valence-electron chi connectivity index (χ4n) is 4.74. The van der Waals surface area contributed by atoms with Crippen LogP contribution in [0.2, 0.25) is 0 Å². The van der Waals surface area contributed by atoms with Crippen LogP contribution in [0.25, 0.3) is 0 Å². The van der Waals surface area contributed by atoms with Gasteiger partial charge < -0.3 is 9.47 Å². The summed E-state index contributed by atoms with van der Waals surface area (Å²) in [5.74, 6) is -0.162. The number of sulfonamides is 1. The van der Waals surface area contributed by atoms with E-state index in [-0.39, 0.29) is 16.8 Å². The summed E-state index contributed by atoms with van der Waals surface area (Å²) in [7, 11) is -2.05. The van der Waals surface area contributed by atoms with Gasteiger partial charge in [0.15, 0.2) is 0 Å². The number of benzene rings is 1. The Kier molecular flexibility index (Phi) is 4.97. The molecule has 2 aliphatic heterocycles. The first-order chi connectivity index (χ1) is 13.7. The standard InChI is InChI=1S/C22H29N3O3S/c1-15-14-18-10-6-7-11-19(18)25(15)29(27,28)21-17(3)23(4)16(2)20(21)22(26)24-12-8-5-9-13-24/h6-7,10-11,15H,5,8-9,12-14H2,1-4H3/t15-/m0/s1. The second kappa shape index (κ2) is 7.20. The number of piperidine rings is 1. The summed E-state index contributed by atoms with van der Waals surface area (Å²) >= 11 is 0. The van der Waals surface area contributed by atoms with Crippen LogP contribution in [0, 0.1) is 13.8 Å². The molecule has 0 spiro atoms. The van der Waals surface area contributed by atoms with Crippen molar-refractivity contribution in [2.45, 2.75) is 57.4 Å². The van der Waals surface area contributed by atoms with E-state index in [9.17, 15) is 13.2 Å².